The van der Waals surface area contributed by atoms with Crippen LogP contribution in [0.4, 0.5) is 0 Å². The number of para-hydroxylation sites is 1. The smallest absolute Gasteiger partial charge is 0.226 e. The Morgan fingerprint density at radius 1 is 1.25 bits per heavy atom. The maximum atomic E-state index is 6.30. The van der Waals surface area contributed by atoms with Gasteiger partial charge in [-0.15, -0.1) is 5.10 Å². The monoisotopic (exact) mass is 402 g/mol. The highest BCUT2D eigenvalue weighted by Crippen LogP contribution is 2.31. The second kappa shape index (κ2) is 5.26. The largest absolute Gasteiger partial charge is 0.272 e. The first-order chi connectivity index (χ1) is 11.7. The Labute approximate surface area is 150 Å². The Bertz CT molecular complexity index is 1080. The van der Waals surface area contributed by atoms with Crippen molar-refractivity contribution in [1.29, 1.82) is 0 Å². The Balaban J connectivity index is 1.67. The molecule has 5 rings (SSSR count). The summed E-state index contributed by atoms with van der Waals surface area (Å²) >= 11 is 9.81. The topological polar surface area (TPSA) is 60.9 Å². The van der Waals surface area contributed by atoms with E-state index in [0.717, 1.165) is 33.4 Å². The summed E-state index contributed by atoms with van der Waals surface area (Å²) in [6.45, 7) is 0.964. The molecule has 1 aliphatic rings. The van der Waals surface area contributed by atoms with Gasteiger partial charge in [0, 0.05) is 22.6 Å². The fourth-order valence-electron chi connectivity index (χ4n) is 2.83. The van der Waals surface area contributed by atoms with Gasteiger partial charge in [-0.3, -0.25) is 4.68 Å². The van der Waals surface area contributed by atoms with Gasteiger partial charge in [-0.2, -0.15) is 9.61 Å². The molecule has 3 aromatic heterocycles. The zero-order valence-corrected chi connectivity index (χ0v) is 14.9. The molecule has 3 heterocycles. The summed E-state index contributed by atoms with van der Waals surface area (Å²) in [5, 5.41) is 10.1. The number of hydrogen-bond donors (Lipinski definition) is 0. The Morgan fingerprint density at radius 3 is 2.96 bits per heavy atom. The average Bonchev–Trinajstić information content (AvgIpc) is 3.08. The van der Waals surface area contributed by atoms with Crippen molar-refractivity contribution in [3.05, 3.63) is 40.3 Å². The average molecular weight is 404 g/mol. The molecule has 0 atom stereocenters. The van der Waals surface area contributed by atoms with E-state index >= 15 is 0 Å². The predicted molar refractivity (Wildman–Crippen MR) is 94.9 cm³/mol. The van der Waals surface area contributed by atoms with Crippen LogP contribution in [0.25, 0.3) is 27.9 Å². The summed E-state index contributed by atoms with van der Waals surface area (Å²) in [5.41, 5.74) is 2.35. The number of fused-ring (bicyclic) bond motifs is 3. The van der Waals surface area contributed by atoms with E-state index < -0.39 is 0 Å². The van der Waals surface area contributed by atoms with Crippen molar-refractivity contribution in [2.45, 2.75) is 19.4 Å². The van der Waals surface area contributed by atoms with E-state index in [4.69, 9.17) is 11.6 Å². The van der Waals surface area contributed by atoms with E-state index in [0.29, 0.717) is 11.5 Å². The van der Waals surface area contributed by atoms with Gasteiger partial charge < -0.3 is 0 Å². The van der Waals surface area contributed by atoms with Crippen molar-refractivity contribution < 1.29 is 0 Å². The van der Waals surface area contributed by atoms with E-state index in [9.17, 15) is 0 Å². The first-order valence-electron chi connectivity index (χ1n) is 7.72. The molecule has 0 amide bonds. The van der Waals surface area contributed by atoms with Crippen LogP contribution >= 0.6 is 27.5 Å². The quantitative estimate of drug-likeness (QED) is 0.486. The lowest BCUT2D eigenvalue weighted by Gasteiger charge is -2.02. The molecule has 0 radical (unpaired) electrons. The van der Waals surface area contributed by atoms with Crippen LogP contribution in [0.2, 0.25) is 5.28 Å². The highest BCUT2D eigenvalue weighted by molar-refractivity contribution is 9.10. The minimum atomic E-state index is 0.286. The van der Waals surface area contributed by atoms with Crippen LogP contribution in [-0.4, -0.2) is 29.4 Å². The Hall–Kier alpha value is -1.99. The normalized spacial score (nSPS) is 14.8. The Kier molecular flexibility index (Phi) is 3.14. The summed E-state index contributed by atoms with van der Waals surface area (Å²) in [6.07, 6.45) is 6.39. The van der Waals surface area contributed by atoms with Gasteiger partial charge in [0.15, 0.2) is 11.5 Å². The van der Waals surface area contributed by atoms with Crippen molar-refractivity contribution in [3.63, 3.8) is 0 Å². The summed E-state index contributed by atoms with van der Waals surface area (Å²) < 4.78 is 4.42. The van der Waals surface area contributed by atoms with Gasteiger partial charge >= 0.3 is 0 Å². The highest BCUT2D eigenvalue weighted by Gasteiger charge is 2.22. The molecule has 4 aromatic rings. The maximum Gasteiger partial charge on any atom is 0.226 e. The van der Waals surface area contributed by atoms with Crippen LogP contribution in [-0.2, 0) is 6.54 Å². The summed E-state index contributed by atoms with van der Waals surface area (Å²) in [6, 6.07) is 5.85. The molecule has 0 aliphatic heterocycles. The lowest BCUT2D eigenvalue weighted by atomic mass is 10.2. The van der Waals surface area contributed by atoms with Gasteiger partial charge in [0.05, 0.1) is 17.3 Å². The molecule has 0 spiro atoms. The zero-order chi connectivity index (χ0) is 16.3. The minimum Gasteiger partial charge on any atom is -0.272 e. The third-order valence-electron chi connectivity index (χ3n) is 4.25. The number of benzene rings is 1. The Morgan fingerprint density at radius 2 is 2.12 bits per heavy atom. The van der Waals surface area contributed by atoms with Gasteiger partial charge in [-0.25, -0.2) is 9.97 Å². The molecule has 1 aromatic carbocycles. The summed E-state index contributed by atoms with van der Waals surface area (Å²) in [4.78, 5) is 9.10. The molecule has 0 N–H and O–H groups in total. The maximum absolute atomic E-state index is 6.30. The standard InChI is InChI=1S/C16H12BrClN6/c17-12-3-1-2-11-13(12)20-16(18)24-15(11)21-14(22-24)10-6-19-23(8-10)7-9-4-5-9/h1-3,6,8-9H,4-5,7H2. The van der Waals surface area contributed by atoms with Crippen molar-refractivity contribution in [3.8, 4) is 11.4 Å². The SMILES string of the molecule is Clc1nc2c(Br)cccc2c2nc(-c3cnn(CC4CC4)c3)nn12. The third kappa shape index (κ3) is 2.31. The molecule has 1 fully saturated rings. The van der Waals surface area contributed by atoms with Gasteiger partial charge in [0.1, 0.15) is 0 Å². The van der Waals surface area contributed by atoms with Gasteiger partial charge in [-0.1, -0.05) is 6.07 Å². The lowest BCUT2D eigenvalue weighted by molar-refractivity contribution is 0.563. The first kappa shape index (κ1) is 14.4. The van der Waals surface area contributed by atoms with Crippen molar-refractivity contribution >= 4 is 44.1 Å². The summed E-state index contributed by atoms with van der Waals surface area (Å²) in [5.74, 6) is 1.37. The van der Waals surface area contributed by atoms with Crippen molar-refractivity contribution in [2.24, 2.45) is 5.92 Å². The second-order valence-corrected chi connectivity index (χ2v) is 7.27. The summed E-state index contributed by atoms with van der Waals surface area (Å²) in [7, 11) is 0. The van der Waals surface area contributed by atoms with E-state index in [2.05, 4.69) is 36.1 Å². The molecule has 0 unspecified atom stereocenters. The molecule has 1 aliphatic carbocycles. The molecule has 0 bridgehead atoms. The van der Waals surface area contributed by atoms with E-state index in [1.807, 2.05) is 29.1 Å². The number of rotatable bonds is 3. The molecular weight excluding hydrogens is 392 g/mol. The van der Waals surface area contributed by atoms with Crippen LogP contribution in [0.5, 0.6) is 0 Å². The zero-order valence-electron chi connectivity index (χ0n) is 12.5. The molecule has 8 heteroatoms. The fourth-order valence-corrected chi connectivity index (χ4v) is 3.49. The van der Waals surface area contributed by atoms with Crippen molar-refractivity contribution in [1.82, 2.24) is 29.4 Å². The van der Waals surface area contributed by atoms with Crippen LogP contribution in [0.3, 0.4) is 0 Å². The molecule has 120 valence electrons. The second-order valence-electron chi connectivity index (χ2n) is 6.08. The molecule has 1 saturated carbocycles. The van der Waals surface area contributed by atoms with Crippen LogP contribution < -0.4 is 0 Å². The van der Waals surface area contributed by atoms with Gasteiger partial charge in [0.25, 0.3) is 0 Å². The fraction of sp³-hybridized carbons (Fsp3) is 0.250. The van der Waals surface area contributed by atoms with Gasteiger partial charge in [0.2, 0.25) is 5.28 Å². The molecular formula is C16H12BrClN6. The van der Waals surface area contributed by atoms with E-state index in [1.54, 1.807) is 10.7 Å². The van der Waals surface area contributed by atoms with Crippen LogP contribution in [0.15, 0.2) is 35.1 Å². The van der Waals surface area contributed by atoms with Crippen LogP contribution in [0.1, 0.15) is 12.8 Å². The van der Waals surface area contributed by atoms with Crippen molar-refractivity contribution in [2.75, 3.05) is 0 Å². The lowest BCUT2D eigenvalue weighted by Crippen LogP contribution is -1.99. The number of hydrogen-bond acceptors (Lipinski definition) is 4. The predicted octanol–water partition coefficient (Wildman–Crippen LogP) is 3.97. The molecule has 6 nitrogen and oxygen atoms in total. The number of aromatic nitrogens is 6. The molecule has 24 heavy (non-hydrogen) atoms. The number of halogens is 2. The van der Waals surface area contributed by atoms with Crippen LogP contribution in [0, 0.1) is 5.92 Å². The highest BCUT2D eigenvalue weighted by atomic mass is 79.9. The van der Waals surface area contributed by atoms with Gasteiger partial charge in [-0.05, 0) is 58.4 Å². The van der Waals surface area contributed by atoms with E-state index in [1.165, 1.54) is 12.8 Å². The van der Waals surface area contributed by atoms with E-state index in [-0.39, 0.29) is 5.28 Å². The minimum absolute atomic E-state index is 0.286. The number of nitrogens with zero attached hydrogens (tertiary/aromatic N) is 6. The first-order valence-corrected chi connectivity index (χ1v) is 8.89. The third-order valence-corrected chi connectivity index (χ3v) is 5.13. The molecule has 0 saturated heterocycles.